The van der Waals surface area contributed by atoms with Crippen molar-refractivity contribution in [1.29, 1.82) is 0 Å². The first-order valence-corrected chi connectivity index (χ1v) is 8.13. The van der Waals surface area contributed by atoms with Crippen LogP contribution in [0.5, 0.6) is 0 Å². The zero-order valence-corrected chi connectivity index (χ0v) is 13.4. The molecule has 0 saturated heterocycles. The lowest BCUT2D eigenvalue weighted by atomic mass is 10.3. The van der Waals surface area contributed by atoms with E-state index in [1.165, 1.54) is 23.9 Å². The normalized spacial score (nSPS) is 11.3. The van der Waals surface area contributed by atoms with Gasteiger partial charge < -0.3 is 5.32 Å². The summed E-state index contributed by atoms with van der Waals surface area (Å²) in [6, 6.07) is 6.49. The zero-order chi connectivity index (χ0) is 15.7. The summed E-state index contributed by atoms with van der Waals surface area (Å²) in [6.45, 7) is 4.10. The Hall–Kier alpha value is -2.15. The van der Waals surface area contributed by atoms with E-state index in [2.05, 4.69) is 20.4 Å². The average molecular weight is 317 g/mol. The first-order chi connectivity index (χ1) is 10.6. The van der Waals surface area contributed by atoms with E-state index in [0.717, 1.165) is 11.0 Å². The Kier molecular flexibility index (Phi) is 3.98. The number of nitrogens with zero attached hydrogens (tertiary/aromatic N) is 4. The number of nitrogens with one attached hydrogen (secondary N) is 1. The van der Waals surface area contributed by atoms with E-state index < -0.39 is 0 Å². The van der Waals surface area contributed by atoms with Gasteiger partial charge in [0, 0.05) is 11.7 Å². The molecule has 0 saturated carbocycles. The lowest BCUT2D eigenvalue weighted by Gasteiger charge is -2.10. The van der Waals surface area contributed by atoms with Crippen LogP contribution in [-0.2, 0) is 0 Å². The van der Waals surface area contributed by atoms with E-state index in [9.17, 15) is 4.39 Å². The lowest BCUT2D eigenvalue weighted by Crippen LogP contribution is -2.05. The molecule has 0 amide bonds. The molecule has 1 aromatic carbocycles. The van der Waals surface area contributed by atoms with Crippen LogP contribution in [0.4, 0.5) is 15.9 Å². The molecule has 0 fully saturated rings. The molecule has 0 radical (unpaired) electrons. The second-order valence-corrected chi connectivity index (χ2v) is 5.89. The van der Waals surface area contributed by atoms with Crippen LogP contribution in [0.25, 0.3) is 11.0 Å². The Morgan fingerprint density at radius 2 is 2.09 bits per heavy atom. The third-order valence-electron chi connectivity index (χ3n) is 3.19. The predicted octanol–water partition coefficient (Wildman–Crippen LogP) is 4.01. The first kappa shape index (κ1) is 14.8. The molecule has 0 atom stereocenters. The minimum absolute atomic E-state index is 0.198. The lowest BCUT2D eigenvalue weighted by molar-refractivity contribution is 0.545. The molecule has 3 aromatic rings. The van der Waals surface area contributed by atoms with Crippen LogP contribution in [0.1, 0.15) is 19.9 Å². The van der Waals surface area contributed by atoms with Crippen LogP contribution >= 0.6 is 11.8 Å². The molecule has 0 aliphatic rings. The topological polar surface area (TPSA) is 55.6 Å². The molecule has 0 aliphatic heterocycles. The minimum atomic E-state index is -0.293. The molecule has 0 aliphatic carbocycles. The van der Waals surface area contributed by atoms with E-state index in [0.29, 0.717) is 16.7 Å². The van der Waals surface area contributed by atoms with E-state index in [4.69, 9.17) is 0 Å². The third kappa shape index (κ3) is 2.76. The van der Waals surface area contributed by atoms with Gasteiger partial charge in [0.05, 0.1) is 11.6 Å². The van der Waals surface area contributed by atoms with E-state index >= 15 is 0 Å². The van der Waals surface area contributed by atoms with Crippen molar-refractivity contribution < 1.29 is 4.39 Å². The van der Waals surface area contributed by atoms with Crippen molar-refractivity contribution in [3.63, 3.8) is 0 Å². The summed E-state index contributed by atoms with van der Waals surface area (Å²) < 4.78 is 15.2. The molecule has 0 bridgehead atoms. The molecule has 3 rings (SSSR count). The fraction of sp³-hybridized carbons (Fsp3) is 0.267. The first-order valence-electron chi connectivity index (χ1n) is 6.90. The number of fused-ring (bicyclic) bond motifs is 1. The Labute approximate surface area is 132 Å². The third-order valence-corrected chi connectivity index (χ3v) is 3.74. The van der Waals surface area contributed by atoms with Crippen molar-refractivity contribution >= 4 is 34.3 Å². The molecule has 2 heterocycles. The van der Waals surface area contributed by atoms with Gasteiger partial charge in [0.15, 0.2) is 10.8 Å². The largest absolute Gasteiger partial charge is 0.339 e. The van der Waals surface area contributed by atoms with Crippen LogP contribution in [-0.4, -0.2) is 26.0 Å². The fourth-order valence-electron chi connectivity index (χ4n) is 2.17. The molecule has 7 heteroatoms. The Morgan fingerprint density at radius 1 is 1.27 bits per heavy atom. The average Bonchev–Trinajstić information content (AvgIpc) is 2.91. The highest BCUT2D eigenvalue weighted by Crippen LogP contribution is 2.27. The van der Waals surface area contributed by atoms with Crippen LogP contribution in [0.2, 0.25) is 0 Å². The number of aromatic nitrogens is 4. The Balaban J connectivity index is 2.12. The molecular formula is C15H16FN5S. The van der Waals surface area contributed by atoms with Crippen molar-refractivity contribution in [2.24, 2.45) is 0 Å². The van der Waals surface area contributed by atoms with Crippen molar-refractivity contribution in [3.8, 4) is 0 Å². The molecule has 0 unspecified atom stereocenters. The predicted molar refractivity (Wildman–Crippen MR) is 87.2 cm³/mol. The number of rotatable bonds is 4. The van der Waals surface area contributed by atoms with E-state index in [1.54, 1.807) is 18.3 Å². The van der Waals surface area contributed by atoms with Gasteiger partial charge in [-0.05, 0) is 38.3 Å². The van der Waals surface area contributed by atoms with Gasteiger partial charge in [0.1, 0.15) is 11.6 Å². The molecule has 5 nitrogen and oxygen atoms in total. The number of thioether (sulfide) groups is 1. The van der Waals surface area contributed by atoms with Gasteiger partial charge in [-0.3, -0.25) is 0 Å². The van der Waals surface area contributed by atoms with Crippen molar-refractivity contribution in [1.82, 2.24) is 19.7 Å². The monoisotopic (exact) mass is 317 g/mol. The van der Waals surface area contributed by atoms with Crippen LogP contribution in [0.15, 0.2) is 35.6 Å². The van der Waals surface area contributed by atoms with E-state index in [-0.39, 0.29) is 11.9 Å². The van der Waals surface area contributed by atoms with Crippen molar-refractivity contribution in [2.45, 2.75) is 25.0 Å². The van der Waals surface area contributed by atoms with Crippen molar-refractivity contribution in [3.05, 3.63) is 36.3 Å². The molecule has 0 spiro atoms. The number of hydrogen-bond donors (Lipinski definition) is 1. The van der Waals surface area contributed by atoms with Crippen molar-refractivity contribution in [2.75, 3.05) is 11.6 Å². The summed E-state index contributed by atoms with van der Waals surface area (Å²) in [7, 11) is 0. The summed E-state index contributed by atoms with van der Waals surface area (Å²) in [5.41, 5.74) is 1.41. The Bertz CT molecular complexity index is 815. The van der Waals surface area contributed by atoms with Gasteiger partial charge >= 0.3 is 0 Å². The van der Waals surface area contributed by atoms with Gasteiger partial charge in [0.2, 0.25) is 0 Å². The van der Waals surface area contributed by atoms with Gasteiger partial charge in [0.25, 0.3) is 0 Å². The fourth-order valence-corrected chi connectivity index (χ4v) is 2.53. The maximum atomic E-state index is 13.3. The minimum Gasteiger partial charge on any atom is -0.339 e. The summed E-state index contributed by atoms with van der Waals surface area (Å²) in [6.07, 6.45) is 3.66. The second-order valence-electron chi connectivity index (χ2n) is 5.11. The highest BCUT2D eigenvalue weighted by atomic mass is 32.2. The smallest absolute Gasteiger partial charge is 0.191 e. The maximum Gasteiger partial charge on any atom is 0.191 e. The highest BCUT2D eigenvalue weighted by molar-refractivity contribution is 7.98. The number of benzene rings is 1. The van der Waals surface area contributed by atoms with Gasteiger partial charge in [-0.2, -0.15) is 5.10 Å². The van der Waals surface area contributed by atoms with Gasteiger partial charge in [-0.1, -0.05) is 17.8 Å². The molecule has 2 aromatic heterocycles. The molecule has 114 valence electrons. The zero-order valence-electron chi connectivity index (χ0n) is 12.5. The quantitative estimate of drug-likeness (QED) is 0.582. The molecule has 22 heavy (non-hydrogen) atoms. The Morgan fingerprint density at radius 3 is 2.77 bits per heavy atom. The van der Waals surface area contributed by atoms with Gasteiger partial charge in [-0.15, -0.1) is 0 Å². The summed E-state index contributed by atoms with van der Waals surface area (Å²) in [4.78, 5) is 9.01. The summed E-state index contributed by atoms with van der Waals surface area (Å²) in [5.74, 6) is 0.338. The number of hydrogen-bond acceptors (Lipinski definition) is 5. The van der Waals surface area contributed by atoms with E-state index in [1.807, 2.05) is 24.8 Å². The standard InChI is InChI=1S/C15H16FN5S/c1-9(2)21-14-12(8-17-21)13(19-15(20-14)22-3)18-11-6-4-5-10(16)7-11/h4-9H,1-3H3,(H,18,19,20). The maximum absolute atomic E-state index is 13.3. The molecular weight excluding hydrogens is 301 g/mol. The van der Waals surface area contributed by atoms with Crippen LogP contribution in [0.3, 0.4) is 0 Å². The van der Waals surface area contributed by atoms with Crippen LogP contribution in [0, 0.1) is 5.82 Å². The summed E-state index contributed by atoms with van der Waals surface area (Å²) >= 11 is 1.46. The number of halogens is 1. The van der Waals surface area contributed by atoms with Crippen LogP contribution < -0.4 is 5.32 Å². The highest BCUT2D eigenvalue weighted by Gasteiger charge is 2.14. The summed E-state index contributed by atoms with van der Waals surface area (Å²) in [5, 5.41) is 9.00. The number of anilines is 2. The SMILES string of the molecule is CSc1nc(Nc2cccc(F)c2)c2cnn(C(C)C)c2n1. The second kappa shape index (κ2) is 5.92. The van der Waals surface area contributed by atoms with Gasteiger partial charge in [-0.25, -0.2) is 19.0 Å². The molecule has 1 N–H and O–H groups in total.